The van der Waals surface area contributed by atoms with Crippen LogP contribution in [0.15, 0.2) is 24.4 Å². The van der Waals surface area contributed by atoms with Crippen LogP contribution in [-0.4, -0.2) is 49.7 Å². The molecule has 1 aliphatic heterocycles. The van der Waals surface area contributed by atoms with Crippen molar-refractivity contribution >= 4 is 11.9 Å². The molecule has 7 nitrogen and oxygen atoms in total. The van der Waals surface area contributed by atoms with Crippen molar-refractivity contribution in [3.8, 4) is 0 Å². The molecule has 1 aliphatic rings. The minimum atomic E-state index is -0.899. The number of aryl methyl sites for hydroxylation is 2. The lowest BCUT2D eigenvalue weighted by molar-refractivity contribution is -0.141. The molecule has 2 aromatic heterocycles. The highest BCUT2D eigenvalue weighted by Gasteiger charge is 2.42. The fourth-order valence-corrected chi connectivity index (χ4v) is 3.59. The summed E-state index contributed by atoms with van der Waals surface area (Å²) in [7, 11) is 0. The van der Waals surface area contributed by atoms with Crippen molar-refractivity contribution in [1.29, 1.82) is 0 Å². The summed E-state index contributed by atoms with van der Waals surface area (Å²) in [5.41, 5.74) is 2.78. The summed E-state index contributed by atoms with van der Waals surface area (Å²) in [5.74, 6) is -2.01. The number of carbonyl (C=O) groups excluding carboxylic acids is 1. The number of carbonyl (C=O) groups is 2. The number of carboxylic acids is 1. The van der Waals surface area contributed by atoms with Gasteiger partial charge in [-0.15, -0.1) is 0 Å². The number of aromatic nitrogens is 3. The SMILES string of the molecule is CCn1nc(C)c(C(=O)N2C[C@H](C(=O)O)[C@@H](c3ccccn3)C2)c1C. The van der Waals surface area contributed by atoms with E-state index >= 15 is 0 Å². The maximum atomic E-state index is 13.0. The second-order valence-electron chi connectivity index (χ2n) is 6.38. The van der Waals surface area contributed by atoms with Gasteiger partial charge in [0.1, 0.15) is 0 Å². The molecular weight excluding hydrogens is 320 g/mol. The molecule has 0 radical (unpaired) electrons. The van der Waals surface area contributed by atoms with Crippen molar-refractivity contribution < 1.29 is 14.7 Å². The van der Waals surface area contributed by atoms with E-state index in [1.807, 2.05) is 32.9 Å². The molecule has 7 heteroatoms. The molecule has 0 unspecified atom stereocenters. The monoisotopic (exact) mass is 342 g/mol. The van der Waals surface area contributed by atoms with Crippen LogP contribution in [0.25, 0.3) is 0 Å². The first-order valence-electron chi connectivity index (χ1n) is 8.41. The van der Waals surface area contributed by atoms with Crippen molar-refractivity contribution in [3.05, 3.63) is 47.0 Å². The van der Waals surface area contributed by atoms with Gasteiger partial charge in [-0.3, -0.25) is 19.3 Å². The summed E-state index contributed by atoms with van der Waals surface area (Å²) >= 11 is 0. The van der Waals surface area contributed by atoms with E-state index in [1.165, 1.54) is 0 Å². The van der Waals surface area contributed by atoms with Crippen molar-refractivity contribution in [2.75, 3.05) is 13.1 Å². The van der Waals surface area contributed by atoms with Crippen LogP contribution in [0.3, 0.4) is 0 Å². The Morgan fingerprint density at radius 1 is 1.28 bits per heavy atom. The number of hydrogen-bond acceptors (Lipinski definition) is 4. The highest BCUT2D eigenvalue weighted by atomic mass is 16.4. The summed E-state index contributed by atoms with van der Waals surface area (Å²) in [5, 5.41) is 14.0. The van der Waals surface area contributed by atoms with E-state index in [9.17, 15) is 14.7 Å². The van der Waals surface area contributed by atoms with Crippen molar-refractivity contribution in [2.45, 2.75) is 33.2 Å². The number of likely N-dealkylation sites (tertiary alicyclic amines) is 1. The number of carboxylic acid groups (broad SMARTS) is 1. The quantitative estimate of drug-likeness (QED) is 0.916. The van der Waals surface area contributed by atoms with Crippen LogP contribution >= 0.6 is 0 Å². The third-order valence-corrected chi connectivity index (χ3v) is 4.89. The molecule has 25 heavy (non-hydrogen) atoms. The van der Waals surface area contributed by atoms with Crippen LogP contribution in [0.5, 0.6) is 0 Å². The van der Waals surface area contributed by atoms with Gasteiger partial charge in [-0.25, -0.2) is 0 Å². The molecule has 3 rings (SSSR count). The first-order valence-corrected chi connectivity index (χ1v) is 8.41. The minimum absolute atomic E-state index is 0.153. The smallest absolute Gasteiger partial charge is 0.309 e. The van der Waals surface area contributed by atoms with Gasteiger partial charge in [0.25, 0.3) is 5.91 Å². The Morgan fingerprint density at radius 2 is 2.04 bits per heavy atom. The zero-order valence-electron chi connectivity index (χ0n) is 14.6. The molecule has 2 aromatic rings. The van der Waals surface area contributed by atoms with Crippen molar-refractivity contribution in [3.63, 3.8) is 0 Å². The zero-order valence-corrected chi connectivity index (χ0v) is 14.6. The Hall–Kier alpha value is -2.70. The normalized spacial score (nSPS) is 20.0. The van der Waals surface area contributed by atoms with Crippen LogP contribution in [0, 0.1) is 19.8 Å². The molecule has 2 atom stereocenters. The van der Waals surface area contributed by atoms with E-state index in [0.717, 1.165) is 5.69 Å². The zero-order chi connectivity index (χ0) is 18.1. The van der Waals surface area contributed by atoms with Gasteiger partial charge in [-0.2, -0.15) is 5.10 Å². The van der Waals surface area contributed by atoms with Gasteiger partial charge >= 0.3 is 5.97 Å². The van der Waals surface area contributed by atoms with Gasteiger partial charge in [-0.05, 0) is 32.9 Å². The van der Waals surface area contributed by atoms with E-state index in [1.54, 1.807) is 21.8 Å². The molecule has 3 heterocycles. The average Bonchev–Trinajstić information content (AvgIpc) is 3.17. The number of aliphatic carboxylic acids is 1. The van der Waals surface area contributed by atoms with Gasteiger partial charge in [0.05, 0.1) is 17.2 Å². The predicted octanol–water partition coefficient (Wildman–Crippen LogP) is 1.86. The van der Waals surface area contributed by atoms with E-state index in [2.05, 4.69) is 10.1 Å². The van der Waals surface area contributed by atoms with Gasteiger partial charge in [0, 0.05) is 43.1 Å². The molecule has 1 saturated heterocycles. The number of amides is 1. The lowest BCUT2D eigenvalue weighted by Gasteiger charge is -2.16. The fraction of sp³-hybridized carbons (Fsp3) is 0.444. The standard InChI is InChI=1S/C18H22N4O3/c1-4-22-12(3)16(11(2)20-22)17(23)21-9-13(14(10-21)18(24)25)15-7-5-6-8-19-15/h5-8,13-14H,4,9-10H2,1-3H3,(H,24,25)/t13-,14-/m0/s1. The summed E-state index contributed by atoms with van der Waals surface area (Å²) in [6, 6.07) is 5.45. The Balaban J connectivity index is 1.90. The van der Waals surface area contributed by atoms with E-state index < -0.39 is 11.9 Å². The van der Waals surface area contributed by atoms with Crippen LogP contribution in [0.1, 0.15) is 40.3 Å². The Labute approximate surface area is 146 Å². The highest BCUT2D eigenvalue weighted by molar-refractivity contribution is 5.97. The second-order valence-corrected chi connectivity index (χ2v) is 6.38. The minimum Gasteiger partial charge on any atom is -0.481 e. The first kappa shape index (κ1) is 17.1. The average molecular weight is 342 g/mol. The largest absolute Gasteiger partial charge is 0.481 e. The summed E-state index contributed by atoms with van der Waals surface area (Å²) in [6.07, 6.45) is 1.65. The maximum absolute atomic E-state index is 13.0. The molecular formula is C18H22N4O3. The Kier molecular flexibility index (Phi) is 4.57. The highest BCUT2D eigenvalue weighted by Crippen LogP contribution is 2.33. The molecule has 0 aliphatic carbocycles. The van der Waals surface area contributed by atoms with Gasteiger partial charge in [-0.1, -0.05) is 6.07 Å². The van der Waals surface area contributed by atoms with Crippen molar-refractivity contribution in [1.82, 2.24) is 19.7 Å². The van der Waals surface area contributed by atoms with Gasteiger partial charge in [0.2, 0.25) is 0 Å². The Morgan fingerprint density at radius 3 is 2.60 bits per heavy atom. The third-order valence-electron chi connectivity index (χ3n) is 4.89. The summed E-state index contributed by atoms with van der Waals surface area (Å²) in [6.45, 7) is 6.88. The molecule has 0 spiro atoms. The molecule has 1 fully saturated rings. The lowest BCUT2D eigenvalue weighted by atomic mass is 9.93. The number of pyridine rings is 1. The van der Waals surface area contributed by atoms with Crippen LogP contribution in [0.4, 0.5) is 0 Å². The third kappa shape index (κ3) is 3.01. The topological polar surface area (TPSA) is 88.3 Å². The predicted molar refractivity (Wildman–Crippen MR) is 91.4 cm³/mol. The van der Waals surface area contributed by atoms with E-state index in [-0.39, 0.29) is 18.4 Å². The number of rotatable bonds is 4. The Bertz CT molecular complexity index is 800. The van der Waals surface area contributed by atoms with Crippen molar-refractivity contribution in [2.24, 2.45) is 5.92 Å². The molecule has 132 valence electrons. The van der Waals surface area contributed by atoms with Gasteiger partial charge < -0.3 is 10.0 Å². The molecule has 1 amide bonds. The number of hydrogen-bond donors (Lipinski definition) is 1. The molecule has 0 bridgehead atoms. The fourth-order valence-electron chi connectivity index (χ4n) is 3.59. The van der Waals surface area contributed by atoms with Crippen LogP contribution in [-0.2, 0) is 11.3 Å². The van der Waals surface area contributed by atoms with Crippen LogP contribution in [0.2, 0.25) is 0 Å². The maximum Gasteiger partial charge on any atom is 0.309 e. The second kappa shape index (κ2) is 6.66. The van der Waals surface area contributed by atoms with E-state index in [0.29, 0.717) is 30.0 Å². The summed E-state index contributed by atoms with van der Waals surface area (Å²) in [4.78, 5) is 30.6. The number of nitrogens with zero attached hydrogens (tertiary/aromatic N) is 4. The van der Waals surface area contributed by atoms with E-state index in [4.69, 9.17) is 0 Å². The summed E-state index contributed by atoms with van der Waals surface area (Å²) < 4.78 is 1.80. The molecule has 0 saturated carbocycles. The molecule has 1 N–H and O–H groups in total. The van der Waals surface area contributed by atoms with Crippen LogP contribution < -0.4 is 0 Å². The lowest BCUT2D eigenvalue weighted by Crippen LogP contribution is -2.30. The first-order chi connectivity index (χ1) is 11.9. The van der Waals surface area contributed by atoms with Gasteiger partial charge in [0.15, 0.2) is 0 Å². The molecule has 0 aromatic carbocycles.